The number of halogens is 6. The molecular weight excluding hydrogens is 1130 g/mol. The minimum Gasteiger partial charge on any atom is -0.258 e. The summed E-state index contributed by atoms with van der Waals surface area (Å²) in [5.74, 6) is 4.40. The van der Waals surface area contributed by atoms with Crippen LogP contribution in [0.4, 0.5) is 23.2 Å². The van der Waals surface area contributed by atoms with Crippen LogP contribution in [0.2, 0.25) is 10.0 Å². The van der Waals surface area contributed by atoms with Gasteiger partial charge in [0.2, 0.25) is 0 Å². The Morgan fingerprint density at radius 2 is 0.770 bits per heavy atom. The smallest absolute Gasteiger partial charge is 0.258 e. The quantitative estimate of drug-likeness (QED) is 0.0583. The summed E-state index contributed by atoms with van der Waals surface area (Å²) >= 11 is 11.8. The lowest BCUT2D eigenvalue weighted by atomic mass is 9.86. The molecular formula is C78H107Cl2F4NO2. The van der Waals surface area contributed by atoms with Crippen molar-refractivity contribution in [3.05, 3.63) is 249 Å². The van der Waals surface area contributed by atoms with Gasteiger partial charge >= 0.3 is 6.18 Å². The predicted molar refractivity (Wildman–Crippen MR) is 370 cm³/mol. The molecule has 7 aromatic carbocycles. The fourth-order valence-corrected chi connectivity index (χ4v) is 10.1. The monoisotopic (exact) mass is 1240 g/mol. The first-order chi connectivity index (χ1) is 40.5. The van der Waals surface area contributed by atoms with Gasteiger partial charge in [0.05, 0.1) is 10.5 Å². The molecule has 0 bridgehead atoms. The van der Waals surface area contributed by atoms with E-state index in [0.29, 0.717) is 28.7 Å². The molecule has 0 aliphatic rings. The van der Waals surface area contributed by atoms with E-state index in [0.717, 1.165) is 77.3 Å². The average molecular weight is 1240 g/mol. The second-order valence-electron chi connectivity index (χ2n) is 26.2. The van der Waals surface area contributed by atoms with Crippen LogP contribution in [0.15, 0.2) is 140 Å². The van der Waals surface area contributed by atoms with Gasteiger partial charge in [-0.1, -0.05) is 222 Å². The second-order valence-corrected chi connectivity index (χ2v) is 27.1. The van der Waals surface area contributed by atoms with Crippen molar-refractivity contribution < 1.29 is 22.5 Å². The zero-order valence-electron chi connectivity index (χ0n) is 56.8. The molecule has 0 radical (unpaired) electrons. The Kier molecular flexibility index (Phi) is 37.1. The van der Waals surface area contributed by atoms with Crippen LogP contribution in [0.25, 0.3) is 0 Å². The number of nitro groups is 1. The van der Waals surface area contributed by atoms with E-state index >= 15 is 0 Å². The second kappa shape index (κ2) is 40.7. The van der Waals surface area contributed by atoms with Crippen LogP contribution in [0.1, 0.15) is 180 Å². The van der Waals surface area contributed by atoms with Crippen molar-refractivity contribution in [3.63, 3.8) is 0 Å². The fraction of sp³-hybridized carbons (Fsp3) is 0.462. The zero-order valence-corrected chi connectivity index (χ0v) is 58.3. The van der Waals surface area contributed by atoms with Crippen molar-refractivity contribution in [1.29, 1.82) is 0 Å². The van der Waals surface area contributed by atoms with Gasteiger partial charge in [0.25, 0.3) is 5.69 Å². The number of non-ortho nitro benzene ring substituents is 1. The average Bonchev–Trinajstić information content (AvgIpc) is 1.49. The first-order valence-electron chi connectivity index (χ1n) is 31.2. The van der Waals surface area contributed by atoms with E-state index in [2.05, 4.69) is 180 Å². The van der Waals surface area contributed by atoms with E-state index < -0.39 is 11.7 Å². The molecule has 478 valence electrons. The minimum absolute atomic E-state index is 0.136. The number of hydrogen-bond acceptors (Lipinski definition) is 2. The number of alkyl halides is 3. The third-order valence-corrected chi connectivity index (χ3v) is 14.7. The van der Waals surface area contributed by atoms with Gasteiger partial charge in [-0.15, -0.1) is 0 Å². The standard InChI is InChI=1S/C15H24.C11H13F3.2C11H16.C10H12Cl2.C10H13F.C10H13NO2/c1-9(2)8-15-13(6)11(4)10(3)12(5)14(15)7;1-8(2)7-9-3-5-10(6-4-9)11(12,13)14;1-9(2)8-11-6-4-10(3)5-7-11;1-9(2)7-11-6-4-5-10(3)8-11;1-7(2)5-8-3-4-9(11)6-10(8)12;1-8(2)6-9-4-3-5-10(11)7-9;1-8(2)7-9-3-5-10(6-4-9)11(12)13/h9H,8H2,1-7H3;3-6,8H,7H2,1-2H3;4-7,9H,8H2,1-3H3;4-6,8-9H,7H2,1-3H3;3-4,6-7H,5H2,1-2H3;3-5,7-8H,6H2,1-2H3;3-6,8H,7H2,1-2H3. The lowest BCUT2D eigenvalue weighted by Crippen LogP contribution is -2.05. The highest BCUT2D eigenvalue weighted by molar-refractivity contribution is 6.35. The summed E-state index contributed by atoms with van der Waals surface area (Å²) in [4.78, 5) is 9.96. The molecule has 87 heavy (non-hydrogen) atoms. The van der Waals surface area contributed by atoms with Gasteiger partial charge in [0, 0.05) is 22.2 Å². The van der Waals surface area contributed by atoms with Crippen LogP contribution in [0.3, 0.4) is 0 Å². The summed E-state index contributed by atoms with van der Waals surface area (Å²) in [5, 5.41) is 11.8. The molecule has 0 aliphatic carbocycles. The third kappa shape index (κ3) is 34.5. The molecule has 0 amide bonds. The molecule has 7 aromatic rings. The molecule has 7 rings (SSSR count). The van der Waals surface area contributed by atoms with E-state index in [4.69, 9.17) is 23.2 Å². The van der Waals surface area contributed by atoms with Gasteiger partial charge in [-0.05, 0) is 238 Å². The lowest BCUT2D eigenvalue weighted by Gasteiger charge is -2.19. The Bertz CT molecular complexity index is 2970. The van der Waals surface area contributed by atoms with Crippen molar-refractivity contribution in [2.45, 2.75) is 197 Å². The summed E-state index contributed by atoms with van der Waals surface area (Å²) in [6.07, 6.45) is 3.13. The van der Waals surface area contributed by atoms with Gasteiger partial charge < -0.3 is 0 Å². The summed E-state index contributed by atoms with van der Waals surface area (Å²) in [6, 6.07) is 42.1. The van der Waals surface area contributed by atoms with Gasteiger partial charge in [0.1, 0.15) is 5.82 Å². The number of benzene rings is 7. The molecule has 0 atom stereocenters. The molecule has 0 aromatic heterocycles. The van der Waals surface area contributed by atoms with Gasteiger partial charge in [0.15, 0.2) is 0 Å². The number of rotatable bonds is 15. The highest BCUT2D eigenvalue weighted by atomic mass is 35.5. The summed E-state index contributed by atoms with van der Waals surface area (Å²) in [7, 11) is 0. The molecule has 0 aliphatic heterocycles. The maximum absolute atomic E-state index is 12.6. The Hall–Kier alpha value is -5.76. The normalized spacial score (nSPS) is 10.9. The molecule has 0 fully saturated rings. The Balaban J connectivity index is 0.000000509. The molecule has 0 N–H and O–H groups in total. The van der Waals surface area contributed by atoms with Crippen molar-refractivity contribution >= 4 is 28.9 Å². The van der Waals surface area contributed by atoms with E-state index in [1.54, 1.807) is 48.0 Å². The minimum atomic E-state index is -4.23. The molecule has 0 saturated carbocycles. The first kappa shape index (κ1) is 79.3. The predicted octanol–water partition coefficient (Wildman–Crippen LogP) is 24.7. The first-order valence-corrected chi connectivity index (χ1v) is 32.0. The summed E-state index contributed by atoms with van der Waals surface area (Å²) in [5.41, 5.74) is 18.6. The van der Waals surface area contributed by atoms with Crippen molar-refractivity contribution in [2.24, 2.45) is 41.4 Å². The Labute approximate surface area is 535 Å². The number of aryl methyl sites for hydroxylation is 2. The molecule has 0 spiro atoms. The molecule has 0 saturated heterocycles. The third-order valence-electron chi connectivity index (χ3n) is 14.2. The maximum Gasteiger partial charge on any atom is 0.416 e. The zero-order chi connectivity index (χ0) is 66.3. The highest BCUT2D eigenvalue weighted by Gasteiger charge is 2.30. The highest BCUT2D eigenvalue weighted by Crippen LogP contribution is 2.30. The molecule has 0 unspecified atom stereocenters. The van der Waals surface area contributed by atoms with Crippen molar-refractivity contribution in [2.75, 3.05) is 0 Å². The van der Waals surface area contributed by atoms with Crippen LogP contribution >= 0.6 is 23.2 Å². The molecule has 0 heterocycles. The fourth-order valence-electron chi connectivity index (χ4n) is 9.59. The number of nitrogens with zero attached hydrogens (tertiary/aromatic N) is 1. The van der Waals surface area contributed by atoms with Crippen LogP contribution in [-0.4, -0.2) is 4.92 Å². The van der Waals surface area contributed by atoms with E-state index in [-0.39, 0.29) is 16.4 Å². The van der Waals surface area contributed by atoms with E-state index in [9.17, 15) is 27.7 Å². The van der Waals surface area contributed by atoms with Crippen LogP contribution in [0, 0.1) is 106 Å². The topological polar surface area (TPSA) is 43.1 Å². The Morgan fingerprint density at radius 1 is 0.402 bits per heavy atom. The number of nitro benzene ring substituents is 1. The van der Waals surface area contributed by atoms with Crippen LogP contribution in [0.5, 0.6) is 0 Å². The summed E-state index contributed by atoms with van der Waals surface area (Å²) in [6.45, 7) is 46.1. The molecule has 9 heteroatoms. The summed E-state index contributed by atoms with van der Waals surface area (Å²) < 4.78 is 49.2. The van der Waals surface area contributed by atoms with E-state index in [1.165, 1.54) is 81.0 Å². The van der Waals surface area contributed by atoms with Crippen LogP contribution < -0.4 is 0 Å². The van der Waals surface area contributed by atoms with Crippen molar-refractivity contribution in [3.8, 4) is 0 Å². The number of hydrogen-bond donors (Lipinski definition) is 0. The van der Waals surface area contributed by atoms with Gasteiger partial charge in [-0.3, -0.25) is 10.1 Å². The SMILES string of the molecule is CC(C)Cc1ccc(C(F)(F)F)cc1.CC(C)Cc1ccc(Cl)cc1Cl.CC(C)Cc1ccc([N+](=O)[O-])cc1.CC(C)Cc1cccc(F)c1.Cc1c(C)c(C)c(CC(C)C)c(C)c1C.Cc1ccc(CC(C)C)cc1.Cc1cccc(CC(C)C)c1. The van der Waals surface area contributed by atoms with Gasteiger partial charge in [-0.25, -0.2) is 4.39 Å². The Morgan fingerprint density at radius 3 is 1.14 bits per heavy atom. The van der Waals surface area contributed by atoms with Gasteiger partial charge in [-0.2, -0.15) is 13.2 Å². The van der Waals surface area contributed by atoms with Crippen LogP contribution in [-0.2, 0) is 51.1 Å². The van der Waals surface area contributed by atoms with Crippen molar-refractivity contribution in [1.82, 2.24) is 0 Å². The maximum atomic E-state index is 12.6. The lowest BCUT2D eigenvalue weighted by molar-refractivity contribution is -0.384. The largest absolute Gasteiger partial charge is 0.416 e. The molecule has 3 nitrogen and oxygen atoms in total. The van der Waals surface area contributed by atoms with E-state index in [1.807, 2.05) is 44.2 Å².